The molecule has 0 aromatic heterocycles. The topological polar surface area (TPSA) is 26.3 Å². The molecule has 2 nitrogen and oxygen atoms in total. The first-order chi connectivity index (χ1) is 3.84. The van der Waals surface area contributed by atoms with Gasteiger partial charge in [0.2, 0.25) is 0 Å². The van der Waals surface area contributed by atoms with E-state index in [2.05, 4.69) is 10.7 Å². The van der Waals surface area contributed by atoms with Crippen LogP contribution in [0.15, 0.2) is 0 Å². The molecule has 1 aliphatic heterocycles. The monoisotopic (exact) mass is 110 g/mol. The first-order valence-electron chi connectivity index (χ1n) is 2.47. The van der Waals surface area contributed by atoms with Crippen LogP contribution in [0.5, 0.6) is 0 Å². The second-order valence-corrected chi connectivity index (χ2v) is 1.68. The molecule has 0 aromatic rings. The summed E-state index contributed by atoms with van der Waals surface area (Å²) in [6, 6.07) is 0. The molecule has 2 heteroatoms. The van der Waals surface area contributed by atoms with Crippen molar-refractivity contribution in [2.24, 2.45) is 5.92 Å². The number of cyclic esters (lactones) is 1. The Bertz CT molecular complexity index is 143. The number of ether oxygens (including phenoxy) is 1. The summed E-state index contributed by atoms with van der Waals surface area (Å²) in [6.45, 7) is 0.494. The van der Waals surface area contributed by atoms with Gasteiger partial charge < -0.3 is 4.74 Å². The molecule has 0 amide bonds. The lowest BCUT2D eigenvalue weighted by Crippen LogP contribution is -2.03. The Morgan fingerprint density at radius 3 is 2.88 bits per heavy atom. The van der Waals surface area contributed by atoms with Crippen molar-refractivity contribution in [3.63, 3.8) is 0 Å². The molecule has 1 unspecified atom stereocenters. The zero-order chi connectivity index (χ0) is 5.98. The maximum absolute atomic E-state index is 10.4. The second-order valence-electron chi connectivity index (χ2n) is 1.68. The van der Waals surface area contributed by atoms with E-state index in [-0.39, 0.29) is 11.9 Å². The van der Waals surface area contributed by atoms with Crippen molar-refractivity contribution in [3.8, 4) is 12.3 Å². The van der Waals surface area contributed by atoms with E-state index in [1.165, 1.54) is 0 Å². The Hall–Kier alpha value is -0.970. The van der Waals surface area contributed by atoms with E-state index < -0.39 is 0 Å². The maximum Gasteiger partial charge on any atom is 0.321 e. The normalized spacial score (nSPS) is 26.9. The van der Waals surface area contributed by atoms with Crippen LogP contribution < -0.4 is 0 Å². The lowest BCUT2D eigenvalue weighted by atomic mass is 10.1. The largest absolute Gasteiger partial charge is 0.465 e. The van der Waals surface area contributed by atoms with Gasteiger partial charge in [-0.1, -0.05) is 5.92 Å². The van der Waals surface area contributed by atoms with Crippen LogP contribution in [0.25, 0.3) is 0 Å². The van der Waals surface area contributed by atoms with E-state index in [9.17, 15) is 4.79 Å². The van der Waals surface area contributed by atoms with Gasteiger partial charge in [0.25, 0.3) is 0 Å². The second kappa shape index (κ2) is 1.87. The highest BCUT2D eigenvalue weighted by atomic mass is 16.5. The van der Waals surface area contributed by atoms with Crippen LogP contribution in [0, 0.1) is 18.3 Å². The Morgan fingerprint density at radius 1 is 1.88 bits per heavy atom. The summed E-state index contributed by atoms with van der Waals surface area (Å²) < 4.78 is 4.57. The summed E-state index contributed by atoms with van der Waals surface area (Å²) in [7, 11) is 0. The molecule has 1 aliphatic rings. The molecule has 1 fully saturated rings. The molecule has 1 rings (SSSR count). The van der Waals surface area contributed by atoms with Crippen molar-refractivity contribution in [2.75, 3.05) is 6.61 Å². The average Bonchev–Trinajstić information content (AvgIpc) is 2.14. The first-order valence-corrected chi connectivity index (χ1v) is 2.47. The molecule has 0 aromatic carbocycles. The molecule has 1 heterocycles. The fourth-order valence-corrected chi connectivity index (χ4v) is 0.647. The summed E-state index contributed by atoms with van der Waals surface area (Å²) >= 11 is 0. The molecule has 42 valence electrons. The van der Waals surface area contributed by atoms with Gasteiger partial charge in [0, 0.05) is 6.42 Å². The fraction of sp³-hybridized carbons (Fsp3) is 0.500. The number of carbonyl (C=O) groups excluding carboxylic acids is 1. The van der Waals surface area contributed by atoms with E-state index >= 15 is 0 Å². The molecule has 0 radical (unpaired) electrons. The number of hydrogen-bond acceptors (Lipinski definition) is 2. The molecule has 1 saturated heterocycles. The molecule has 0 N–H and O–H groups in total. The zero-order valence-corrected chi connectivity index (χ0v) is 4.39. The first kappa shape index (κ1) is 5.17. The molecular weight excluding hydrogens is 104 g/mol. The van der Waals surface area contributed by atoms with E-state index in [0.29, 0.717) is 13.0 Å². The molecule has 8 heavy (non-hydrogen) atoms. The summed E-state index contributed by atoms with van der Waals surface area (Å²) in [6.07, 6.45) is 5.66. The average molecular weight is 110 g/mol. The molecule has 0 aliphatic carbocycles. The third-order valence-corrected chi connectivity index (χ3v) is 1.14. The molecular formula is C6H6O2. The smallest absolute Gasteiger partial charge is 0.321 e. The SMILES string of the molecule is C#CC1CCOC1=O. The lowest BCUT2D eigenvalue weighted by molar-refractivity contribution is -0.139. The number of esters is 1. The van der Waals surface area contributed by atoms with Gasteiger partial charge in [-0.25, -0.2) is 0 Å². The van der Waals surface area contributed by atoms with Crippen LogP contribution in [-0.4, -0.2) is 12.6 Å². The van der Waals surface area contributed by atoms with Crippen molar-refractivity contribution in [1.29, 1.82) is 0 Å². The third-order valence-electron chi connectivity index (χ3n) is 1.14. The minimum atomic E-state index is -0.269. The van der Waals surface area contributed by atoms with Gasteiger partial charge >= 0.3 is 5.97 Å². The van der Waals surface area contributed by atoms with Gasteiger partial charge in [0.1, 0.15) is 5.92 Å². The Kier molecular flexibility index (Phi) is 1.21. The fourth-order valence-electron chi connectivity index (χ4n) is 0.647. The van der Waals surface area contributed by atoms with Gasteiger partial charge in [-0.3, -0.25) is 4.79 Å². The van der Waals surface area contributed by atoms with Crippen molar-refractivity contribution in [3.05, 3.63) is 0 Å². The zero-order valence-electron chi connectivity index (χ0n) is 4.39. The summed E-state index contributed by atoms with van der Waals surface area (Å²) in [5.74, 6) is 1.83. The van der Waals surface area contributed by atoms with Gasteiger partial charge in [-0.15, -0.1) is 6.42 Å². The molecule has 1 atom stereocenters. The maximum atomic E-state index is 10.4. The van der Waals surface area contributed by atoms with Crippen molar-refractivity contribution < 1.29 is 9.53 Å². The molecule has 0 bridgehead atoms. The van der Waals surface area contributed by atoms with E-state index in [4.69, 9.17) is 6.42 Å². The predicted octanol–water partition coefficient (Wildman–Crippen LogP) is 0.183. The summed E-state index contributed by atoms with van der Waals surface area (Å²) in [4.78, 5) is 10.4. The molecule has 0 spiro atoms. The highest BCUT2D eigenvalue weighted by Crippen LogP contribution is 2.11. The summed E-state index contributed by atoms with van der Waals surface area (Å²) in [5.41, 5.74) is 0. The minimum Gasteiger partial charge on any atom is -0.465 e. The number of terminal acetylenes is 1. The van der Waals surface area contributed by atoms with Crippen LogP contribution in [-0.2, 0) is 9.53 Å². The standard InChI is InChI=1S/C6H6O2/c1-2-5-3-4-8-6(5)7/h1,5H,3-4H2. The van der Waals surface area contributed by atoms with Gasteiger partial charge in [0.05, 0.1) is 6.61 Å². The van der Waals surface area contributed by atoms with Crippen LogP contribution in [0.1, 0.15) is 6.42 Å². The van der Waals surface area contributed by atoms with E-state index in [1.807, 2.05) is 0 Å². The van der Waals surface area contributed by atoms with Crippen molar-refractivity contribution >= 4 is 5.97 Å². The van der Waals surface area contributed by atoms with Gasteiger partial charge in [-0.05, 0) is 0 Å². The van der Waals surface area contributed by atoms with Crippen LogP contribution >= 0.6 is 0 Å². The predicted molar refractivity (Wildman–Crippen MR) is 27.9 cm³/mol. The van der Waals surface area contributed by atoms with Crippen LogP contribution in [0.2, 0.25) is 0 Å². The van der Waals surface area contributed by atoms with E-state index in [0.717, 1.165) is 0 Å². The van der Waals surface area contributed by atoms with Crippen LogP contribution in [0.4, 0.5) is 0 Å². The van der Waals surface area contributed by atoms with Gasteiger partial charge in [0.15, 0.2) is 0 Å². The third kappa shape index (κ3) is 0.671. The minimum absolute atomic E-state index is 0.243. The van der Waals surface area contributed by atoms with Crippen molar-refractivity contribution in [2.45, 2.75) is 6.42 Å². The Balaban J connectivity index is 2.58. The number of hydrogen-bond donors (Lipinski definition) is 0. The number of rotatable bonds is 0. The summed E-state index contributed by atoms with van der Waals surface area (Å²) in [5, 5.41) is 0. The highest BCUT2D eigenvalue weighted by Gasteiger charge is 2.23. The van der Waals surface area contributed by atoms with Crippen LogP contribution in [0.3, 0.4) is 0 Å². The van der Waals surface area contributed by atoms with Crippen molar-refractivity contribution in [1.82, 2.24) is 0 Å². The Morgan fingerprint density at radius 2 is 2.62 bits per heavy atom. The molecule has 0 saturated carbocycles. The quantitative estimate of drug-likeness (QED) is 0.328. The highest BCUT2D eigenvalue weighted by molar-refractivity contribution is 5.77. The lowest BCUT2D eigenvalue weighted by Gasteiger charge is -1.88. The van der Waals surface area contributed by atoms with Gasteiger partial charge in [-0.2, -0.15) is 0 Å². The Labute approximate surface area is 47.8 Å². The number of carbonyl (C=O) groups is 1. The van der Waals surface area contributed by atoms with E-state index in [1.54, 1.807) is 0 Å².